The van der Waals surface area contributed by atoms with Gasteiger partial charge in [-0.3, -0.25) is 4.79 Å². The van der Waals surface area contributed by atoms with Crippen molar-refractivity contribution in [3.05, 3.63) is 0 Å². The van der Waals surface area contributed by atoms with Crippen molar-refractivity contribution in [3.8, 4) is 0 Å². The number of nitrogens with one attached hydrogen (secondary N) is 1. The van der Waals surface area contributed by atoms with Crippen LogP contribution in [0, 0.1) is 0 Å². The molecule has 22 heavy (non-hydrogen) atoms. The first-order valence-corrected chi connectivity index (χ1v) is 8.62. The molecule has 2 rings (SSSR count). The Bertz CT molecular complexity index is 312. The van der Waals surface area contributed by atoms with Crippen LogP contribution in [0.3, 0.4) is 0 Å². The van der Waals surface area contributed by atoms with Crippen LogP contribution < -0.4 is 5.32 Å². The van der Waals surface area contributed by atoms with Gasteiger partial charge in [-0.15, -0.1) is 12.4 Å². The van der Waals surface area contributed by atoms with Crippen molar-refractivity contribution < 1.29 is 9.53 Å². The maximum absolute atomic E-state index is 12.2. The van der Waals surface area contributed by atoms with Crippen LogP contribution in [0.15, 0.2) is 0 Å². The molecule has 0 radical (unpaired) electrons. The molecule has 2 fully saturated rings. The standard InChI is InChI=1S/C16H31N3O2.ClH/c1-2-14-21-15-4-3-9-18(10-5-15)11-6-16(20)19-12-7-17-8-13-19;/h15,17H,2-14H2,1H3;1H. The van der Waals surface area contributed by atoms with Crippen LogP contribution >= 0.6 is 12.4 Å². The van der Waals surface area contributed by atoms with E-state index in [4.69, 9.17) is 4.74 Å². The van der Waals surface area contributed by atoms with E-state index in [1.807, 2.05) is 4.90 Å². The third-order valence-corrected chi connectivity index (χ3v) is 4.44. The molecule has 0 aromatic carbocycles. The summed E-state index contributed by atoms with van der Waals surface area (Å²) in [6, 6.07) is 0. The number of likely N-dealkylation sites (tertiary alicyclic amines) is 1. The molecule has 2 heterocycles. The summed E-state index contributed by atoms with van der Waals surface area (Å²) in [5, 5.41) is 3.29. The molecular weight excluding hydrogens is 302 g/mol. The summed E-state index contributed by atoms with van der Waals surface area (Å²) in [7, 11) is 0. The molecule has 2 saturated heterocycles. The Kier molecular flexibility index (Phi) is 10.0. The van der Waals surface area contributed by atoms with E-state index in [9.17, 15) is 4.79 Å². The summed E-state index contributed by atoms with van der Waals surface area (Å²) < 4.78 is 5.87. The van der Waals surface area contributed by atoms with Crippen molar-refractivity contribution in [2.75, 3.05) is 52.4 Å². The average Bonchev–Trinajstić information content (AvgIpc) is 2.76. The number of piperazine rings is 1. The van der Waals surface area contributed by atoms with Gasteiger partial charge >= 0.3 is 0 Å². The van der Waals surface area contributed by atoms with E-state index in [-0.39, 0.29) is 12.4 Å². The topological polar surface area (TPSA) is 44.8 Å². The Hall–Kier alpha value is -0.360. The number of carbonyl (C=O) groups is 1. The van der Waals surface area contributed by atoms with Crippen molar-refractivity contribution in [1.29, 1.82) is 0 Å². The summed E-state index contributed by atoms with van der Waals surface area (Å²) in [6.07, 6.45) is 5.67. The number of ether oxygens (including phenoxy) is 1. The summed E-state index contributed by atoms with van der Waals surface area (Å²) in [5.41, 5.74) is 0. The van der Waals surface area contributed by atoms with Crippen LogP contribution in [0.4, 0.5) is 0 Å². The van der Waals surface area contributed by atoms with Gasteiger partial charge in [-0.25, -0.2) is 0 Å². The van der Waals surface area contributed by atoms with Gasteiger partial charge in [-0.1, -0.05) is 6.92 Å². The molecule has 0 saturated carbocycles. The number of hydrogen-bond donors (Lipinski definition) is 1. The monoisotopic (exact) mass is 333 g/mol. The fourth-order valence-electron chi connectivity index (χ4n) is 3.13. The quantitative estimate of drug-likeness (QED) is 0.800. The van der Waals surface area contributed by atoms with Gasteiger partial charge in [0.1, 0.15) is 0 Å². The van der Waals surface area contributed by atoms with Crippen LogP contribution in [0.1, 0.15) is 39.0 Å². The van der Waals surface area contributed by atoms with Crippen LogP contribution in [-0.4, -0.2) is 74.2 Å². The molecule has 1 atom stereocenters. The normalized spacial score (nSPS) is 23.7. The number of amides is 1. The number of halogens is 1. The smallest absolute Gasteiger partial charge is 0.223 e. The highest BCUT2D eigenvalue weighted by Crippen LogP contribution is 2.15. The minimum atomic E-state index is 0. The predicted octanol–water partition coefficient (Wildman–Crippen LogP) is 1.51. The maximum atomic E-state index is 12.2. The van der Waals surface area contributed by atoms with Gasteiger partial charge in [0.25, 0.3) is 0 Å². The van der Waals surface area contributed by atoms with Gasteiger partial charge in [0.15, 0.2) is 0 Å². The molecule has 0 bridgehead atoms. The van der Waals surface area contributed by atoms with Crippen LogP contribution in [0.5, 0.6) is 0 Å². The fourth-order valence-corrected chi connectivity index (χ4v) is 3.13. The molecule has 0 aromatic rings. The van der Waals surface area contributed by atoms with Gasteiger partial charge in [-0.2, -0.15) is 0 Å². The van der Waals surface area contributed by atoms with Crippen LogP contribution in [0.2, 0.25) is 0 Å². The molecular formula is C16H32ClN3O2. The second-order valence-electron chi connectivity index (χ2n) is 6.15. The lowest BCUT2D eigenvalue weighted by atomic mass is 10.2. The molecule has 0 spiro atoms. The molecule has 0 aliphatic carbocycles. The predicted molar refractivity (Wildman–Crippen MR) is 91.6 cm³/mol. The van der Waals surface area contributed by atoms with Gasteiger partial charge in [0, 0.05) is 52.3 Å². The largest absolute Gasteiger partial charge is 0.378 e. The van der Waals surface area contributed by atoms with Crippen molar-refractivity contribution in [2.24, 2.45) is 0 Å². The van der Waals surface area contributed by atoms with Gasteiger partial charge in [0.05, 0.1) is 6.10 Å². The number of hydrogen-bond acceptors (Lipinski definition) is 4. The Morgan fingerprint density at radius 1 is 1.18 bits per heavy atom. The second kappa shape index (κ2) is 11.2. The van der Waals surface area contributed by atoms with E-state index in [1.165, 1.54) is 12.8 Å². The van der Waals surface area contributed by atoms with E-state index in [2.05, 4.69) is 17.1 Å². The Labute approximate surface area is 141 Å². The van der Waals surface area contributed by atoms with E-state index in [0.717, 1.165) is 65.3 Å². The molecule has 0 aromatic heterocycles. The molecule has 130 valence electrons. The average molecular weight is 334 g/mol. The van der Waals surface area contributed by atoms with Gasteiger partial charge < -0.3 is 19.9 Å². The first kappa shape index (κ1) is 19.7. The lowest BCUT2D eigenvalue weighted by Crippen LogP contribution is -2.47. The lowest BCUT2D eigenvalue weighted by molar-refractivity contribution is -0.132. The molecule has 1 N–H and O–H groups in total. The third-order valence-electron chi connectivity index (χ3n) is 4.44. The van der Waals surface area contributed by atoms with Crippen LogP contribution in [0.25, 0.3) is 0 Å². The van der Waals surface area contributed by atoms with Crippen molar-refractivity contribution in [1.82, 2.24) is 15.1 Å². The van der Waals surface area contributed by atoms with Crippen LogP contribution in [-0.2, 0) is 9.53 Å². The first-order chi connectivity index (χ1) is 10.3. The van der Waals surface area contributed by atoms with E-state index < -0.39 is 0 Å². The van der Waals surface area contributed by atoms with Gasteiger partial charge in [-0.05, 0) is 32.2 Å². The molecule has 2 aliphatic rings. The van der Waals surface area contributed by atoms with E-state index >= 15 is 0 Å². The summed E-state index contributed by atoms with van der Waals surface area (Å²) >= 11 is 0. The van der Waals surface area contributed by atoms with Crippen molar-refractivity contribution >= 4 is 18.3 Å². The van der Waals surface area contributed by atoms with Crippen molar-refractivity contribution in [3.63, 3.8) is 0 Å². The zero-order chi connectivity index (χ0) is 14.9. The van der Waals surface area contributed by atoms with Gasteiger partial charge in [0.2, 0.25) is 5.91 Å². The summed E-state index contributed by atoms with van der Waals surface area (Å²) in [6.45, 7) is 9.74. The number of rotatable bonds is 6. The van der Waals surface area contributed by atoms with E-state index in [1.54, 1.807) is 0 Å². The SMILES string of the molecule is CCCOC1CCCN(CCC(=O)N2CCNCC2)CC1.Cl. The zero-order valence-electron chi connectivity index (χ0n) is 13.9. The minimum Gasteiger partial charge on any atom is -0.378 e. The second-order valence-corrected chi connectivity index (χ2v) is 6.15. The molecule has 1 unspecified atom stereocenters. The van der Waals surface area contributed by atoms with E-state index in [0.29, 0.717) is 18.4 Å². The molecule has 2 aliphatic heterocycles. The summed E-state index contributed by atoms with van der Waals surface area (Å²) in [5.74, 6) is 0.319. The zero-order valence-corrected chi connectivity index (χ0v) is 14.7. The molecule has 6 heteroatoms. The highest BCUT2D eigenvalue weighted by Gasteiger charge is 2.20. The highest BCUT2D eigenvalue weighted by molar-refractivity contribution is 5.85. The van der Waals surface area contributed by atoms with Crippen molar-refractivity contribution in [2.45, 2.75) is 45.1 Å². The number of carbonyl (C=O) groups excluding carboxylic acids is 1. The Morgan fingerprint density at radius 3 is 2.68 bits per heavy atom. The third kappa shape index (κ3) is 6.82. The summed E-state index contributed by atoms with van der Waals surface area (Å²) in [4.78, 5) is 16.6. The minimum absolute atomic E-state index is 0. The Balaban J connectivity index is 0.00000242. The Morgan fingerprint density at radius 2 is 1.95 bits per heavy atom. The molecule has 1 amide bonds. The maximum Gasteiger partial charge on any atom is 0.223 e. The lowest BCUT2D eigenvalue weighted by Gasteiger charge is -2.28. The molecule has 5 nitrogen and oxygen atoms in total. The fraction of sp³-hybridized carbons (Fsp3) is 0.938. The first-order valence-electron chi connectivity index (χ1n) is 8.62. The highest BCUT2D eigenvalue weighted by atomic mass is 35.5. The number of nitrogens with zero attached hydrogens (tertiary/aromatic N) is 2.